The summed E-state index contributed by atoms with van der Waals surface area (Å²) in [4.78, 5) is 18.2. The molecule has 4 N–H and O–H groups in total. The average molecular weight is 568 g/mol. The molecule has 4 rings (SSSR count). The van der Waals surface area contributed by atoms with E-state index in [2.05, 4.69) is 19.9 Å². The van der Waals surface area contributed by atoms with Crippen LogP contribution in [0.15, 0.2) is 97.6 Å². The summed E-state index contributed by atoms with van der Waals surface area (Å²) in [5.41, 5.74) is 16.4. The number of rotatable bonds is 9. The van der Waals surface area contributed by atoms with Gasteiger partial charge in [0.1, 0.15) is 0 Å². The summed E-state index contributed by atoms with van der Waals surface area (Å²) < 4.78 is 0. The van der Waals surface area contributed by atoms with Crippen LogP contribution in [0, 0.1) is 0 Å². The van der Waals surface area contributed by atoms with Gasteiger partial charge in [0, 0.05) is 84.3 Å². The Hall–Kier alpha value is -2.48. The summed E-state index contributed by atoms with van der Waals surface area (Å²) in [6, 6.07) is 23.4. The van der Waals surface area contributed by atoms with Crippen LogP contribution >= 0.6 is 0 Å². The van der Waals surface area contributed by atoms with E-state index in [4.69, 9.17) is 11.5 Å². The average Bonchev–Trinajstić information content (AvgIpc) is 2.81. The molecule has 0 saturated carbocycles. The first kappa shape index (κ1) is 27.8. The number of aromatic nitrogens is 4. The zero-order chi connectivity index (χ0) is 22.3. The predicted molar refractivity (Wildman–Crippen MR) is 126 cm³/mol. The number of nitrogens with two attached hydrogens (primary N) is 2. The minimum atomic E-state index is -0.856. The number of halogens is 1. The smallest absolute Gasteiger partial charge is 1.00 e. The first-order valence-corrected chi connectivity index (χ1v) is 10.7. The van der Waals surface area contributed by atoms with Crippen LogP contribution in [0.3, 0.4) is 0 Å². The first-order chi connectivity index (χ1) is 15.6. The largest absolute Gasteiger partial charge is 1.00 e. The molecule has 8 heteroatoms. The van der Waals surface area contributed by atoms with Crippen LogP contribution in [0.25, 0.3) is 0 Å². The molecule has 4 aromatic heterocycles. The topological polar surface area (TPSA) is 104 Å². The van der Waals surface area contributed by atoms with Gasteiger partial charge in [-0.15, -0.1) is 0 Å². The van der Waals surface area contributed by atoms with Crippen LogP contribution in [0.4, 0.5) is 0 Å². The molecule has 0 radical (unpaired) electrons. The molecule has 4 heterocycles. The summed E-state index contributed by atoms with van der Waals surface area (Å²) in [7, 11) is 0. The zero-order valence-corrected chi connectivity index (χ0v) is 21.2. The van der Waals surface area contributed by atoms with Crippen molar-refractivity contribution in [3.8, 4) is 0 Å². The Kier molecular flexibility index (Phi) is 10.5. The van der Waals surface area contributed by atoms with Gasteiger partial charge >= 0.3 is 17.1 Å². The molecule has 4 aromatic rings. The number of hydrogen-bond donors (Lipinski definition) is 2. The van der Waals surface area contributed by atoms with Gasteiger partial charge in [-0.3, -0.25) is 19.9 Å². The molecule has 6 nitrogen and oxygen atoms in total. The fourth-order valence-corrected chi connectivity index (χ4v) is 4.13. The molecule has 34 heavy (non-hydrogen) atoms. The monoisotopic (exact) mass is 566 g/mol. The summed E-state index contributed by atoms with van der Waals surface area (Å²) in [5.74, 6) is 0. The van der Waals surface area contributed by atoms with Crippen molar-refractivity contribution in [1.29, 1.82) is 0 Å². The Morgan fingerprint density at radius 2 is 0.706 bits per heavy atom. The first-order valence-electron chi connectivity index (χ1n) is 10.7. The van der Waals surface area contributed by atoms with Gasteiger partial charge in [-0.25, -0.2) is 0 Å². The third-order valence-corrected chi connectivity index (χ3v) is 5.88. The molecule has 0 aromatic carbocycles. The van der Waals surface area contributed by atoms with Crippen molar-refractivity contribution in [2.75, 3.05) is 0 Å². The van der Waals surface area contributed by atoms with Crippen molar-refractivity contribution in [3.05, 3.63) is 120 Å². The van der Waals surface area contributed by atoms with Gasteiger partial charge in [-0.2, -0.15) is 0 Å². The van der Waals surface area contributed by atoms with Crippen molar-refractivity contribution < 1.29 is 34.1 Å². The van der Waals surface area contributed by atoms with Crippen LogP contribution in [0.5, 0.6) is 0 Å². The summed E-state index contributed by atoms with van der Waals surface area (Å²) >= 11 is 0. The summed E-state index contributed by atoms with van der Waals surface area (Å²) in [5, 5.41) is 0. The Morgan fingerprint density at radius 3 is 0.882 bits per heavy atom. The fourth-order valence-electron chi connectivity index (χ4n) is 4.13. The van der Waals surface area contributed by atoms with Crippen molar-refractivity contribution in [2.45, 2.75) is 36.8 Å². The van der Waals surface area contributed by atoms with Gasteiger partial charge in [-0.05, 0) is 48.5 Å². The summed E-state index contributed by atoms with van der Waals surface area (Å²) in [6.07, 6.45) is 9.14. The Balaban J connectivity index is 0.00000204. The molecule has 180 valence electrons. The minimum Gasteiger partial charge on any atom is -1.00 e. The molecule has 0 fully saturated rings. The molecular weight excluding hydrogens is 540 g/mol. The van der Waals surface area contributed by atoms with E-state index in [1.54, 1.807) is 24.8 Å². The maximum atomic E-state index is 7.28. The summed E-state index contributed by atoms with van der Waals surface area (Å²) in [6.45, 7) is 0. The van der Waals surface area contributed by atoms with E-state index in [0.29, 0.717) is 25.7 Å². The quantitative estimate of drug-likeness (QED) is 0.275. The van der Waals surface area contributed by atoms with E-state index < -0.39 is 11.1 Å². The molecule has 0 bridgehead atoms. The fraction of sp³-hybridized carbons (Fsp3) is 0.231. The van der Waals surface area contributed by atoms with Crippen LogP contribution < -0.4 is 28.4 Å². The van der Waals surface area contributed by atoms with Crippen LogP contribution in [0.2, 0.25) is 0 Å². The number of hydrogen-bond acceptors (Lipinski definition) is 6. The second-order valence-corrected chi connectivity index (χ2v) is 8.30. The third kappa shape index (κ3) is 7.01. The van der Waals surface area contributed by atoms with Crippen LogP contribution in [-0.2, 0) is 42.8 Å². The van der Waals surface area contributed by atoms with Gasteiger partial charge in [0.25, 0.3) is 0 Å². The second kappa shape index (κ2) is 12.8. The molecule has 0 unspecified atom stereocenters. The number of pyridine rings is 4. The third-order valence-electron chi connectivity index (χ3n) is 5.88. The van der Waals surface area contributed by atoms with Crippen LogP contribution in [-0.4, -0.2) is 31.0 Å². The van der Waals surface area contributed by atoms with E-state index in [9.17, 15) is 0 Å². The van der Waals surface area contributed by atoms with Crippen molar-refractivity contribution in [1.82, 2.24) is 19.9 Å². The Bertz CT molecular complexity index is 927. The van der Waals surface area contributed by atoms with Crippen LogP contribution in [0.1, 0.15) is 22.8 Å². The predicted octanol–water partition coefficient (Wildman–Crippen LogP) is -0.0663. The standard InChI is InChI=1S/C26H28N6.BrH.Cu/c27-25(17-21-9-1-5-13-29-21,18-22-10-2-6-14-30-22)26(28,19-23-11-3-7-15-31-23)20-24-12-4-8-16-32-24;;/h1-16H,17-20,27-28H2;1H;/q;;+1/p-1. The Morgan fingerprint density at radius 1 is 0.471 bits per heavy atom. The minimum absolute atomic E-state index is 0. The zero-order valence-electron chi connectivity index (χ0n) is 18.7. The molecule has 0 aliphatic rings. The SMILES string of the molecule is NC(Cc1ccccn1)(Cc1ccccn1)C(N)(Cc1ccccn1)Cc1ccccn1.[Br-].[Cu+]. The second-order valence-electron chi connectivity index (χ2n) is 8.30. The molecule has 0 amide bonds. The van der Waals surface area contributed by atoms with E-state index in [0.717, 1.165) is 22.8 Å². The van der Waals surface area contributed by atoms with Gasteiger partial charge in [0.15, 0.2) is 0 Å². The van der Waals surface area contributed by atoms with Crippen molar-refractivity contribution in [3.63, 3.8) is 0 Å². The van der Waals surface area contributed by atoms with Gasteiger partial charge in [-0.1, -0.05) is 24.3 Å². The van der Waals surface area contributed by atoms with Crippen molar-refractivity contribution >= 4 is 0 Å². The Labute approximate surface area is 221 Å². The maximum Gasteiger partial charge on any atom is 1.00 e. The van der Waals surface area contributed by atoms with Gasteiger partial charge in [0.05, 0.1) is 0 Å². The molecule has 0 aliphatic carbocycles. The van der Waals surface area contributed by atoms with Gasteiger partial charge in [0.2, 0.25) is 0 Å². The maximum absolute atomic E-state index is 7.28. The molecule has 0 atom stereocenters. The van der Waals surface area contributed by atoms with E-state index in [1.807, 2.05) is 72.8 Å². The van der Waals surface area contributed by atoms with Crippen molar-refractivity contribution in [2.24, 2.45) is 11.5 Å². The molecule has 0 aliphatic heterocycles. The molecular formula is C26H28BrCuN6. The molecule has 0 saturated heterocycles. The molecule has 0 spiro atoms. The number of nitrogens with zero attached hydrogens (tertiary/aromatic N) is 4. The van der Waals surface area contributed by atoms with Gasteiger partial charge < -0.3 is 28.4 Å². The normalized spacial score (nSPS) is 11.2. The van der Waals surface area contributed by atoms with E-state index in [1.165, 1.54) is 0 Å². The van der Waals surface area contributed by atoms with E-state index in [-0.39, 0.29) is 34.1 Å². The van der Waals surface area contributed by atoms with E-state index >= 15 is 0 Å².